The molecule has 0 aliphatic heterocycles. The average Bonchev–Trinajstić information content (AvgIpc) is 3.34. The van der Waals surface area contributed by atoms with Crippen LogP contribution in [0, 0.1) is 5.92 Å². The van der Waals surface area contributed by atoms with Gasteiger partial charge >= 0.3 is 0 Å². The molecule has 1 aliphatic rings. The molecule has 1 amide bonds. The number of aromatic nitrogens is 3. The highest BCUT2D eigenvalue weighted by molar-refractivity contribution is 7.99. The van der Waals surface area contributed by atoms with Crippen LogP contribution in [0.1, 0.15) is 47.5 Å². The van der Waals surface area contributed by atoms with Crippen molar-refractivity contribution in [1.29, 1.82) is 0 Å². The van der Waals surface area contributed by atoms with Crippen LogP contribution in [0.2, 0.25) is 0 Å². The summed E-state index contributed by atoms with van der Waals surface area (Å²) >= 11 is 3.22. The van der Waals surface area contributed by atoms with Crippen LogP contribution in [0.4, 0.5) is 5.69 Å². The number of Topliss-reactive ketones (excluding diaryl/α,β-unsaturated/α-hetero) is 1. The zero-order valence-corrected chi connectivity index (χ0v) is 19.6. The fourth-order valence-electron chi connectivity index (χ4n) is 3.87. The van der Waals surface area contributed by atoms with Gasteiger partial charge in [-0.1, -0.05) is 25.1 Å². The lowest BCUT2D eigenvalue weighted by Gasteiger charge is -2.19. The number of thioether (sulfide) groups is 1. The molecule has 0 radical (unpaired) electrons. The molecule has 1 N–H and O–H groups in total. The maximum atomic E-state index is 12.6. The minimum Gasteiger partial charge on any atom is -0.326 e. The van der Waals surface area contributed by atoms with Crippen LogP contribution in [-0.4, -0.2) is 32.2 Å². The summed E-state index contributed by atoms with van der Waals surface area (Å²) < 4.78 is 1.98. The minimum absolute atomic E-state index is 0.0149. The molecule has 162 valence electrons. The van der Waals surface area contributed by atoms with Gasteiger partial charge in [0.15, 0.2) is 16.8 Å². The zero-order chi connectivity index (χ0) is 22.0. The van der Waals surface area contributed by atoms with E-state index in [4.69, 9.17) is 0 Å². The molecular formula is C23H26N4O2S2. The topological polar surface area (TPSA) is 76.9 Å². The van der Waals surface area contributed by atoms with E-state index in [2.05, 4.69) is 28.5 Å². The van der Waals surface area contributed by atoms with Crippen molar-refractivity contribution in [3.63, 3.8) is 0 Å². The summed E-state index contributed by atoms with van der Waals surface area (Å²) in [5.74, 6) is 1.82. The normalized spacial score (nSPS) is 15.5. The number of ketones is 1. The number of thiophene rings is 1. The molecule has 4 rings (SSSR count). The predicted octanol–water partition coefficient (Wildman–Crippen LogP) is 4.99. The number of nitrogens with zero attached hydrogens (tertiary/aromatic N) is 3. The van der Waals surface area contributed by atoms with Crippen molar-refractivity contribution in [3.05, 3.63) is 46.3 Å². The fourth-order valence-corrected chi connectivity index (χ4v) is 5.90. The summed E-state index contributed by atoms with van der Waals surface area (Å²) in [5.41, 5.74) is 2.76. The molecule has 0 fully saturated rings. The number of amides is 1. The summed E-state index contributed by atoms with van der Waals surface area (Å²) in [6.07, 6.45) is 4.83. The maximum Gasteiger partial charge on any atom is 0.221 e. The van der Waals surface area contributed by atoms with E-state index in [1.165, 1.54) is 42.0 Å². The number of benzene rings is 1. The van der Waals surface area contributed by atoms with Gasteiger partial charge in [0.2, 0.25) is 5.91 Å². The summed E-state index contributed by atoms with van der Waals surface area (Å²) in [7, 11) is 1.96. The second kappa shape index (κ2) is 9.36. The largest absolute Gasteiger partial charge is 0.326 e. The van der Waals surface area contributed by atoms with Crippen molar-refractivity contribution in [3.8, 4) is 10.7 Å². The molecule has 1 aromatic carbocycles. The summed E-state index contributed by atoms with van der Waals surface area (Å²) in [5, 5.41) is 12.2. The summed E-state index contributed by atoms with van der Waals surface area (Å²) in [4.78, 5) is 26.3. The van der Waals surface area contributed by atoms with Crippen LogP contribution in [-0.2, 0) is 24.7 Å². The second-order valence-corrected chi connectivity index (χ2v) is 9.99. The fraction of sp³-hybridized carbons (Fsp3) is 0.391. The Kier molecular flexibility index (Phi) is 6.57. The molecule has 2 heterocycles. The highest BCUT2D eigenvalue weighted by Gasteiger charge is 2.22. The summed E-state index contributed by atoms with van der Waals surface area (Å²) in [6.45, 7) is 3.73. The van der Waals surface area contributed by atoms with Crippen molar-refractivity contribution >= 4 is 40.5 Å². The van der Waals surface area contributed by atoms with Crippen molar-refractivity contribution in [1.82, 2.24) is 14.8 Å². The highest BCUT2D eigenvalue weighted by atomic mass is 32.2. The Balaban J connectivity index is 1.42. The molecular weight excluding hydrogens is 428 g/mol. The van der Waals surface area contributed by atoms with Gasteiger partial charge < -0.3 is 9.88 Å². The van der Waals surface area contributed by atoms with E-state index in [9.17, 15) is 9.59 Å². The van der Waals surface area contributed by atoms with E-state index >= 15 is 0 Å². The molecule has 0 saturated heterocycles. The maximum absolute atomic E-state index is 12.6. The first-order valence-electron chi connectivity index (χ1n) is 10.5. The molecule has 0 saturated carbocycles. The second-order valence-electron chi connectivity index (χ2n) is 7.91. The standard InChI is InChI=1S/C23H26N4O2S2/c1-4-15-5-10-20-17(11-15)12-21(31-20)22-25-26-23(27(22)3)30-13-19(29)16-6-8-18(9-7-16)24-14(2)28/h6-9,12,15H,4-5,10-11,13H2,1-3H3,(H,24,28). The van der Waals surface area contributed by atoms with Crippen molar-refractivity contribution < 1.29 is 9.59 Å². The van der Waals surface area contributed by atoms with E-state index in [0.717, 1.165) is 34.6 Å². The quantitative estimate of drug-likeness (QED) is 0.402. The smallest absolute Gasteiger partial charge is 0.221 e. The molecule has 1 unspecified atom stereocenters. The third kappa shape index (κ3) is 4.91. The Morgan fingerprint density at radius 2 is 2.03 bits per heavy atom. The van der Waals surface area contributed by atoms with E-state index < -0.39 is 0 Å². The monoisotopic (exact) mass is 454 g/mol. The predicted molar refractivity (Wildman–Crippen MR) is 126 cm³/mol. The zero-order valence-electron chi connectivity index (χ0n) is 18.0. The molecule has 8 heteroatoms. The van der Waals surface area contributed by atoms with Crippen LogP contribution in [0.5, 0.6) is 0 Å². The van der Waals surface area contributed by atoms with E-state index in [1.807, 2.05) is 23.0 Å². The number of anilines is 1. The number of carbonyl (C=O) groups is 2. The van der Waals surface area contributed by atoms with Crippen LogP contribution in [0.15, 0.2) is 35.5 Å². The van der Waals surface area contributed by atoms with E-state index in [1.54, 1.807) is 24.3 Å². The highest BCUT2D eigenvalue weighted by Crippen LogP contribution is 2.38. The van der Waals surface area contributed by atoms with E-state index in [0.29, 0.717) is 11.3 Å². The van der Waals surface area contributed by atoms with Crippen LogP contribution < -0.4 is 5.32 Å². The lowest BCUT2D eigenvalue weighted by atomic mass is 9.87. The molecule has 1 atom stereocenters. The molecule has 2 aromatic heterocycles. The lowest BCUT2D eigenvalue weighted by Crippen LogP contribution is -2.10. The van der Waals surface area contributed by atoms with Crippen LogP contribution in [0.3, 0.4) is 0 Å². The number of carbonyl (C=O) groups excluding carboxylic acids is 2. The van der Waals surface area contributed by atoms with Crippen molar-refractivity contribution in [2.75, 3.05) is 11.1 Å². The first-order valence-corrected chi connectivity index (χ1v) is 12.3. The van der Waals surface area contributed by atoms with Gasteiger partial charge in [-0.05, 0) is 61.1 Å². The van der Waals surface area contributed by atoms with E-state index in [-0.39, 0.29) is 17.4 Å². The third-order valence-corrected chi connectivity index (χ3v) is 7.93. The number of rotatable bonds is 7. The Bertz CT molecular complexity index is 1100. The summed E-state index contributed by atoms with van der Waals surface area (Å²) in [6, 6.07) is 9.22. The van der Waals surface area contributed by atoms with Gasteiger partial charge in [0.1, 0.15) is 0 Å². The van der Waals surface area contributed by atoms with Crippen molar-refractivity contribution in [2.45, 2.75) is 44.7 Å². The number of fused-ring (bicyclic) bond motifs is 1. The molecule has 6 nitrogen and oxygen atoms in total. The minimum atomic E-state index is -0.135. The molecule has 3 aromatic rings. The molecule has 0 spiro atoms. The Morgan fingerprint density at radius 1 is 1.26 bits per heavy atom. The lowest BCUT2D eigenvalue weighted by molar-refractivity contribution is -0.114. The SMILES string of the molecule is CCC1CCc2sc(-c3nnc(SCC(=O)c4ccc(NC(C)=O)cc4)n3C)cc2C1. The van der Waals surface area contributed by atoms with Gasteiger partial charge in [0, 0.05) is 30.1 Å². The first-order chi connectivity index (χ1) is 14.9. The van der Waals surface area contributed by atoms with Gasteiger partial charge in [-0.3, -0.25) is 9.59 Å². The average molecular weight is 455 g/mol. The number of hydrogen-bond donors (Lipinski definition) is 1. The number of hydrogen-bond acceptors (Lipinski definition) is 6. The third-order valence-electron chi connectivity index (χ3n) is 5.68. The van der Waals surface area contributed by atoms with Crippen molar-refractivity contribution in [2.24, 2.45) is 13.0 Å². The molecule has 31 heavy (non-hydrogen) atoms. The Morgan fingerprint density at radius 3 is 2.74 bits per heavy atom. The van der Waals surface area contributed by atoms with Gasteiger partial charge in [-0.15, -0.1) is 21.5 Å². The van der Waals surface area contributed by atoms with Gasteiger partial charge in [0.05, 0.1) is 10.6 Å². The number of aryl methyl sites for hydroxylation is 1. The Labute approximate surface area is 190 Å². The van der Waals surface area contributed by atoms with Crippen LogP contribution in [0.25, 0.3) is 10.7 Å². The Hall–Kier alpha value is -2.45. The molecule has 1 aliphatic carbocycles. The van der Waals surface area contributed by atoms with Crippen LogP contribution >= 0.6 is 23.1 Å². The van der Waals surface area contributed by atoms with Gasteiger partial charge in [-0.25, -0.2) is 0 Å². The first kappa shape index (κ1) is 21.8. The molecule has 0 bridgehead atoms. The number of nitrogens with one attached hydrogen (secondary N) is 1. The van der Waals surface area contributed by atoms with Gasteiger partial charge in [0.25, 0.3) is 0 Å². The van der Waals surface area contributed by atoms with Gasteiger partial charge in [-0.2, -0.15) is 0 Å².